The highest BCUT2D eigenvalue weighted by molar-refractivity contribution is 9.10. The number of carbonyl (C=O) groups is 2. The van der Waals surface area contributed by atoms with Crippen molar-refractivity contribution in [3.63, 3.8) is 0 Å². The molecule has 12 nitrogen and oxygen atoms in total. The summed E-state index contributed by atoms with van der Waals surface area (Å²) in [6.07, 6.45) is 7.12. The highest BCUT2D eigenvalue weighted by Crippen LogP contribution is 2.42. The number of nitrogens with one attached hydrogen (secondary N) is 1. The van der Waals surface area contributed by atoms with E-state index in [2.05, 4.69) is 49.8 Å². The van der Waals surface area contributed by atoms with Crippen LogP contribution in [0.5, 0.6) is 0 Å². The molecular weight excluding hydrogens is 1030 g/mol. The zero-order valence-electron chi connectivity index (χ0n) is 42.7. The lowest BCUT2D eigenvalue weighted by Gasteiger charge is -2.36. The zero-order valence-corrected chi connectivity index (χ0v) is 44.3. The van der Waals surface area contributed by atoms with Gasteiger partial charge in [0, 0.05) is 70.5 Å². The first-order valence-corrected chi connectivity index (χ1v) is 26.5. The van der Waals surface area contributed by atoms with Crippen LogP contribution in [0.2, 0.25) is 0 Å². The molecule has 2 amide bonds. The number of hydrogen-bond donors (Lipinski definition) is 1. The van der Waals surface area contributed by atoms with Crippen molar-refractivity contribution >= 4 is 39.8 Å². The summed E-state index contributed by atoms with van der Waals surface area (Å²) in [5, 5.41) is 6.88. The molecule has 0 bridgehead atoms. The molecule has 5 heterocycles. The molecule has 2 saturated carbocycles. The third-order valence-electron chi connectivity index (χ3n) is 14.9. The molecule has 5 aromatic rings. The van der Waals surface area contributed by atoms with Gasteiger partial charge in [-0.1, -0.05) is 61.8 Å². The number of rotatable bonds is 13. The minimum absolute atomic E-state index is 0.228. The molecule has 0 spiro atoms. The number of aromatic amines is 1. The van der Waals surface area contributed by atoms with E-state index in [1.54, 1.807) is 54.4 Å². The number of amides is 2. The topological polar surface area (TPSA) is 120 Å². The van der Waals surface area contributed by atoms with Crippen LogP contribution in [-0.2, 0) is 34.9 Å². The molecule has 4 atom stereocenters. The fourth-order valence-electron chi connectivity index (χ4n) is 11.2. The number of alkyl halides is 6. The van der Waals surface area contributed by atoms with Crippen LogP contribution in [0.15, 0.2) is 77.8 Å². The standard InChI is InChI=1S/C29H34F3N5O2.C26H31BrF3N3O2/c1-4-36(25-8-6-5-7-9-25)27-22(12-21(14-33-27)23-15-34-35-16-23)17-37-19(3)26(39-28(37)38)20-10-18(2)11-24(13-20)29(30,31)32;1-4-32(22-8-6-5-7-9-22)24-19(13-21(27)14-31-24)15-33-17(3)23(35-25(33)34)18-10-16(2)11-20(12-18)26(28,29)30/h10-16,19,25-26H,4-9,17H2,1-3H3,(H,34,35);10-14,17,22-23H,4-9,15H2,1-3H3/t19-,26?;17-,23-/m00/s1. The maximum atomic E-state index is 13.5. The number of halogens is 7. The van der Waals surface area contributed by atoms with Crippen molar-refractivity contribution in [2.45, 2.75) is 168 Å². The van der Waals surface area contributed by atoms with Crippen LogP contribution in [0.3, 0.4) is 0 Å². The summed E-state index contributed by atoms with van der Waals surface area (Å²) >= 11 is 3.50. The van der Waals surface area contributed by atoms with E-state index in [0.717, 1.165) is 101 Å². The third kappa shape index (κ3) is 12.3. The van der Waals surface area contributed by atoms with Gasteiger partial charge in [-0.05, 0) is 131 Å². The van der Waals surface area contributed by atoms with Gasteiger partial charge in [0.2, 0.25) is 0 Å². The van der Waals surface area contributed by atoms with Crippen LogP contribution >= 0.6 is 15.9 Å². The summed E-state index contributed by atoms with van der Waals surface area (Å²) in [7, 11) is 0. The first-order chi connectivity index (χ1) is 35.2. The van der Waals surface area contributed by atoms with Crippen molar-refractivity contribution in [2.75, 3.05) is 22.9 Å². The molecule has 398 valence electrons. The Kier molecular flexibility index (Phi) is 16.9. The van der Waals surface area contributed by atoms with Crippen LogP contribution in [0, 0.1) is 13.8 Å². The van der Waals surface area contributed by atoms with Gasteiger partial charge in [-0.3, -0.25) is 14.9 Å². The van der Waals surface area contributed by atoms with Crippen molar-refractivity contribution in [1.82, 2.24) is 30.0 Å². The molecule has 2 saturated heterocycles. The van der Waals surface area contributed by atoms with Crippen molar-refractivity contribution in [3.05, 3.63) is 122 Å². The minimum atomic E-state index is -4.48. The van der Waals surface area contributed by atoms with Gasteiger partial charge in [0.25, 0.3) is 0 Å². The summed E-state index contributed by atoms with van der Waals surface area (Å²) in [6, 6.07) is 11.5. The number of aromatic nitrogens is 4. The Morgan fingerprint density at radius 3 is 1.49 bits per heavy atom. The first-order valence-electron chi connectivity index (χ1n) is 25.7. The van der Waals surface area contributed by atoms with Crippen LogP contribution in [0.1, 0.15) is 149 Å². The number of carbonyl (C=O) groups excluding carboxylic acids is 2. The van der Waals surface area contributed by atoms with E-state index in [4.69, 9.17) is 19.4 Å². The van der Waals surface area contributed by atoms with Gasteiger partial charge < -0.3 is 19.3 Å². The molecule has 9 rings (SSSR count). The lowest BCUT2D eigenvalue weighted by Crippen LogP contribution is -2.39. The third-order valence-corrected chi connectivity index (χ3v) is 15.4. The predicted molar refractivity (Wildman–Crippen MR) is 274 cm³/mol. The highest BCUT2D eigenvalue weighted by atomic mass is 79.9. The Morgan fingerprint density at radius 1 is 0.622 bits per heavy atom. The molecule has 0 radical (unpaired) electrons. The summed E-state index contributed by atoms with van der Waals surface area (Å²) in [6.45, 7) is 13.2. The van der Waals surface area contributed by atoms with Crippen LogP contribution in [-0.4, -0.2) is 79.4 Å². The van der Waals surface area contributed by atoms with Gasteiger partial charge in [-0.25, -0.2) is 19.6 Å². The maximum Gasteiger partial charge on any atom is 0.416 e. The number of H-pyrrole nitrogens is 1. The van der Waals surface area contributed by atoms with E-state index in [0.29, 0.717) is 34.3 Å². The quantitative estimate of drug-likeness (QED) is 0.115. The molecule has 4 fully saturated rings. The van der Waals surface area contributed by atoms with Crippen molar-refractivity contribution < 1.29 is 45.4 Å². The Labute approximate surface area is 437 Å². The molecule has 74 heavy (non-hydrogen) atoms. The predicted octanol–water partition coefficient (Wildman–Crippen LogP) is 14.5. The number of benzene rings is 2. The van der Waals surface area contributed by atoms with E-state index in [1.165, 1.54) is 38.5 Å². The molecule has 4 aliphatic rings. The van der Waals surface area contributed by atoms with Crippen molar-refractivity contribution in [1.29, 1.82) is 0 Å². The van der Waals surface area contributed by atoms with E-state index >= 15 is 0 Å². The number of pyridine rings is 2. The lowest BCUT2D eigenvalue weighted by molar-refractivity contribution is -0.138. The van der Waals surface area contributed by atoms with Gasteiger partial charge in [0.05, 0.1) is 42.5 Å². The number of cyclic esters (lactones) is 2. The van der Waals surface area contributed by atoms with Gasteiger partial charge in [0.15, 0.2) is 0 Å². The monoisotopic (exact) mass is 1090 g/mol. The Bertz CT molecular complexity index is 2750. The number of ether oxygens (including phenoxy) is 2. The maximum absolute atomic E-state index is 13.5. The van der Waals surface area contributed by atoms with E-state index in [-0.39, 0.29) is 13.1 Å². The van der Waals surface area contributed by atoms with Gasteiger partial charge in [0.1, 0.15) is 23.8 Å². The largest absolute Gasteiger partial charge is 0.439 e. The number of anilines is 2. The van der Waals surface area contributed by atoms with Crippen molar-refractivity contribution in [2.24, 2.45) is 0 Å². The molecule has 1 unspecified atom stereocenters. The van der Waals surface area contributed by atoms with Crippen molar-refractivity contribution in [3.8, 4) is 11.1 Å². The van der Waals surface area contributed by atoms with Gasteiger partial charge >= 0.3 is 24.5 Å². The smallest absolute Gasteiger partial charge is 0.416 e. The molecule has 2 aliphatic carbocycles. The molecular formula is C55H65BrF6N8O4. The Balaban J connectivity index is 0.000000198. The normalized spacial score (nSPS) is 20.8. The van der Waals surface area contributed by atoms with Crippen LogP contribution in [0.4, 0.5) is 47.6 Å². The highest BCUT2D eigenvalue weighted by Gasteiger charge is 2.44. The average molecular weight is 1100 g/mol. The molecule has 2 aliphatic heterocycles. The number of nitrogens with zero attached hydrogens (tertiary/aromatic N) is 7. The SMILES string of the molecule is CCN(c1ncc(-c2cn[nH]c2)cc1CN1C(=O)OC(c2cc(C)cc(C(F)(F)F)c2)[C@@H]1C)C1CCCCC1.CCN(c1ncc(Br)cc1CN1C(=O)O[C@H](c2cc(C)cc(C(F)(F)F)c2)[C@@H]1C)C1CCCCC1. The molecule has 19 heteroatoms. The zero-order chi connectivity index (χ0) is 53.1. The minimum Gasteiger partial charge on any atom is -0.439 e. The second-order valence-electron chi connectivity index (χ2n) is 20.1. The molecule has 1 N–H and O–H groups in total. The summed E-state index contributed by atoms with van der Waals surface area (Å²) in [5.74, 6) is 1.68. The second kappa shape index (κ2) is 23.0. The van der Waals surface area contributed by atoms with Crippen LogP contribution in [0.25, 0.3) is 11.1 Å². The lowest BCUT2D eigenvalue weighted by atomic mass is 9.93. The van der Waals surface area contributed by atoms with Crippen LogP contribution < -0.4 is 9.80 Å². The van der Waals surface area contributed by atoms with Gasteiger partial charge in [-0.15, -0.1) is 0 Å². The fourth-order valence-corrected chi connectivity index (χ4v) is 11.6. The summed E-state index contributed by atoms with van der Waals surface area (Å²) in [4.78, 5) is 43.5. The Hall–Kier alpha value is -5.85. The fraction of sp³-hybridized carbons (Fsp3) is 0.509. The summed E-state index contributed by atoms with van der Waals surface area (Å²) in [5.41, 5.74) is 3.65. The first kappa shape index (κ1) is 54.4. The van der Waals surface area contributed by atoms with Gasteiger partial charge in [-0.2, -0.15) is 31.4 Å². The Morgan fingerprint density at radius 2 is 1.07 bits per heavy atom. The molecule has 2 aromatic carbocycles. The molecule has 3 aromatic heterocycles. The number of aryl methyl sites for hydroxylation is 2. The van der Waals surface area contributed by atoms with E-state index in [1.807, 2.05) is 32.2 Å². The number of hydrogen-bond acceptors (Lipinski definition) is 9. The second-order valence-corrected chi connectivity index (χ2v) is 21.0. The average Bonchev–Trinajstić information content (AvgIpc) is 4.08. The van der Waals surface area contributed by atoms with E-state index < -0.39 is 60.0 Å². The summed E-state index contributed by atoms with van der Waals surface area (Å²) < 4.78 is 92.7. The van der Waals surface area contributed by atoms with E-state index in [9.17, 15) is 35.9 Å².